The van der Waals surface area contributed by atoms with Crippen LogP contribution in [0.15, 0.2) is 11.4 Å². The molecule has 3 atom stereocenters. The molecule has 0 saturated heterocycles. The predicted molar refractivity (Wildman–Crippen MR) is 71.3 cm³/mol. The van der Waals surface area contributed by atoms with E-state index < -0.39 is 0 Å². The molecule has 3 unspecified atom stereocenters. The van der Waals surface area contributed by atoms with E-state index in [9.17, 15) is 0 Å². The molecular weight excluding hydrogens is 221 g/mol. The molecule has 0 bridgehead atoms. The van der Waals surface area contributed by atoms with Crippen LogP contribution < -0.4 is 5.73 Å². The molecule has 0 aromatic carbocycles. The topological polar surface area (TPSA) is 26.0 Å². The van der Waals surface area contributed by atoms with Crippen LogP contribution in [0.4, 0.5) is 0 Å². The van der Waals surface area contributed by atoms with Gasteiger partial charge in [-0.05, 0) is 42.2 Å². The maximum atomic E-state index is 6.38. The van der Waals surface area contributed by atoms with Crippen molar-refractivity contribution < 1.29 is 0 Å². The van der Waals surface area contributed by atoms with Crippen molar-refractivity contribution >= 4 is 19.3 Å². The summed E-state index contributed by atoms with van der Waals surface area (Å²) in [7, 11) is 0.0939. The van der Waals surface area contributed by atoms with Crippen LogP contribution >= 0.6 is 19.3 Å². The highest BCUT2D eigenvalue weighted by molar-refractivity contribution is 7.57. The van der Waals surface area contributed by atoms with Gasteiger partial charge in [-0.2, -0.15) is 0 Å². The predicted octanol–water partition coefficient (Wildman–Crippen LogP) is 3.44. The number of hydrogen-bond acceptors (Lipinski definition) is 2. The van der Waals surface area contributed by atoms with Gasteiger partial charge >= 0.3 is 0 Å². The summed E-state index contributed by atoms with van der Waals surface area (Å²) >= 11 is 1.92. The Kier molecular flexibility index (Phi) is 3.49. The van der Waals surface area contributed by atoms with Gasteiger partial charge < -0.3 is 5.73 Å². The van der Waals surface area contributed by atoms with Crippen molar-refractivity contribution in [2.24, 2.45) is 11.7 Å². The van der Waals surface area contributed by atoms with E-state index in [1.54, 1.807) is 10.4 Å². The lowest BCUT2D eigenvalue weighted by Crippen LogP contribution is -2.34. The van der Waals surface area contributed by atoms with Gasteiger partial charge in [-0.1, -0.05) is 13.8 Å². The molecule has 0 radical (unpaired) electrons. The molecule has 0 amide bonds. The van der Waals surface area contributed by atoms with Crippen LogP contribution in [0.2, 0.25) is 0 Å². The van der Waals surface area contributed by atoms with Gasteiger partial charge in [0.05, 0.1) is 0 Å². The average Bonchev–Trinajstić information content (AvgIpc) is 2.64. The van der Waals surface area contributed by atoms with Crippen LogP contribution in [0.1, 0.15) is 29.9 Å². The maximum absolute atomic E-state index is 6.38. The van der Waals surface area contributed by atoms with Crippen LogP contribution in [-0.2, 0) is 6.42 Å². The fraction of sp³-hybridized carbons (Fsp3) is 0.667. The van der Waals surface area contributed by atoms with Gasteiger partial charge in [0.15, 0.2) is 0 Å². The van der Waals surface area contributed by atoms with Gasteiger partial charge in [-0.3, -0.25) is 0 Å². The first-order valence-corrected chi connectivity index (χ1v) is 8.55. The highest BCUT2D eigenvalue weighted by Crippen LogP contribution is 2.55. The van der Waals surface area contributed by atoms with E-state index in [2.05, 4.69) is 32.0 Å². The quantitative estimate of drug-likeness (QED) is 0.789. The van der Waals surface area contributed by atoms with E-state index in [0.717, 1.165) is 0 Å². The van der Waals surface area contributed by atoms with E-state index in [1.165, 1.54) is 12.6 Å². The summed E-state index contributed by atoms with van der Waals surface area (Å²) in [6, 6.07) is 2.65. The molecule has 0 saturated carbocycles. The second-order valence-electron chi connectivity index (χ2n) is 4.80. The Morgan fingerprint density at radius 3 is 2.93 bits per heavy atom. The molecule has 0 fully saturated rings. The summed E-state index contributed by atoms with van der Waals surface area (Å²) in [5, 5.41) is 2.24. The van der Waals surface area contributed by atoms with Crippen LogP contribution in [0.25, 0.3) is 0 Å². The minimum atomic E-state index is 0.0939. The summed E-state index contributed by atoms with van der Waals surface area (Å²) in [5.74, 6) is 0.589. The number of aryl methyl sites for hydroxylation is 1. The Balaban J connectivity index is 2.31. The maximum Gasteiger partial charge on any atom is 0.0204 e. The first-order valence-electron chi connectivity index (χ1n) is 5.63. The third kappa shape index (κ3) is 2.13. The lowest BCUT2D eigenvalue weighted by atomic mass is 9.96. The largest absolute Gasteiger partial charge is 0.327 e. The summed E-state index contributed by atoms with van der Waals surface area (Å²) < 4.78 is 0. The zero-order valence-corrected chi connectivity index (χ0v) is 11.4. The number of nitrogens with two attached hydrogens (primary N) is 1. The fourth-order valence-corrected chi connectivity index (χ4v) is 6.01. The lowest BCUT2D eigenvalue weighted by Gasteiger charge is -2.36. The number of hydrogen-bond donors (Lipinski definition) is 1. The number of fused-ring (bicyclic) bond motifs is 1. The third-order valence-electron chi connectivity index (χ3n) is 3.40. The molecule has 84 valence electrons. The minimum absolute atomic E-state index is 0.0939. The van der Waals surface area contributed by atoms with Crippen molar-refractivity contribution in [3.8, 4) is 0 Å². The highest BCUT2D eigenvalue weighted by atomic mass is 32.1. The monoisotopic (exact) mass is 241 g/mol. The van der Waals surface area contributed by atoms with Gasteiger partial charge in [0.25, 0.3) is 0 Å². The average molecular weight is 241 g/mol. The van der Waals surface area contributed by atoms with Crippen LogP contribution in [0.5, 0.6) is 0 Å². The normalized spacial score (nSPS) is 27.8. The Bertz CT molecular complexity index is 334. The van der Waals surface area contributed by atoms with Gasteiger partial charge in [0.2, 0.25) is 0 Å². The lowest BCUT2D eigenvalue weighted by molar-refractivity contribution is 0.477. The van der Waals surface area contributed by atoms with Crippen molar-refractivity contribution in [1.29, 1.82) is 0 Å². The van der Waals surface area contributed by atoms with E-state index in [1.807, 2.05) is 11.3 Å². The Labute approximate surface area is 97.8 Å². The fourth-order valence-electron chi connectivity index (χ4n) is 2.34. The zero-order chi connectivity index (χ0) is 11.0. The van der Waals surface area contributed by atoms with Gasteiger partial charge in [0, 0.05) is 16.6 Å². The number of thiophene rings is 1. The highest BCUT2D eigenvalue weighted by Gasteiger charge is 2.32. The standard InChI is InChI=1S/C12H20NPS/c1-8(2)11(13)12-9-5-7-15-10(9)4-6-14(12)3/h5,7-8,11-12H,4,6,13H2,1-3H3. The van der Waals surface area contributed by atoms with E-state index in [0.29, 0.717) is 17.6 Å². The third-order valence-corrected chi connectivity index (χ3v) is 6.90. The summed E-state index contributed by atoms with van der Waals surface area (Å²) in [4.78, 5) is 1.59. The Hall–Kier alpha value is 0.0900. The van der Waals surface area contributed by atoms with E-state index in [4.69, 9.17) is 5.73 Å². The zero-order valence-electron chi connectivity index (χ0n) is 9.73. The van der Waals surface area contributed by atoms with Gasteiger partial charge in [-0.25, -0.2) is 0 Å². The second kappa shape index (κ2) is 4.53. The summed E-state index contributed by atoms with van der Waals surface area (Å²) in [5.41, 5.74) is 8.60. The smallest absolute Gasteiger partial charge is 0.0204 e. The van der Waals surface area contributed by atoms with E-state index in [-0.39, 0.29) is 7.92 Å². The first kappa shape index (κ1) is 11.6. The number of rotatable bonds is 2. The van der Waals surface area contributed by atoms with Crippen molar-refractivity contribution in [2.75, 3.05) is 12.8 Å². The molecule has 0 spiro atoms. The minimum Gasteiger partial charge on any atom is -0.327 e. The van der Waals surface area contributed by atoms with Crippen LogP contribution in [0.3, 0.4) is 0 Å². The van der Waals surface area contributed by atoms with Crippen molar-refractivity contribution in [3.63, 3.8) is 0 Å². The molecule has 1 aromatic heterocycles. The second-order valence-corrected chi connectivity index (χ2v) is 8.31. The molecule has 1 aliphatic heterocycles. The molecule has 1 nitrogen and oxygen atoms in total. The van der Waals surface area contributed by atoms with Crippen LogP contribution in [0, 0.1) is 5.92 Å². The molecule has 2 N–H and O–H groups in total. The molecule has 2 heterocycles. The SMILES string of the molecule is CC(C)C(N)C1c2ccsc2CCP1C. The summed E-state index contributed by atoms with van der Waals surface area (Å²) in [6.07, 6.45) is 2.66. The Morgan fingerprint density at radius 2 is 2.27 bits per heavy atom. The molecule has 1 aliphatic rings. The first-order chi connectivity index (χ1) is 7.11. The molecule has 1 aromatic rings. The van der Waals surface area contributed by atoms with Gasteiger partial charge in [0.1, 0.15) is 0 Å². The van der Waals surface area contributed by atoms with Crippen molar-refractivity contribution in [1.82, 2.24) is 0 Å². The van der Waals surface area contributed by atoms with E-state index >= 15 is 0 Å². The van der Waals surface area contributed by atoms with Gasteiger partial charge in [-0.15, -0.1) is 19.3 Å². The van der Waals surface area contributed by atoms with Crippen molar-refractivity contribution in [3.05, 3.63) is 21.9 Å². The van der Waals surface area contributed by atoms with Crippen molar-refractivity contribution in [2.45, 2.75) is 32.0 Å². The Morgan fingerprint density at radius 1 is 1.53 bits per heavy atom. The van der Waals surface area contributed by atoms with Crippen LogP contribution in [-0.4, -0.2) is 18.9 Å². The molecular formula is C12H20NPS. The molecule has 15 heavy (non-hydrogen) atoms. The molecule has 2 rings (SSSR count). The molecule has 0 aliphatic carbocycles. The summed E-state index contributed by atoms with van der Waals surface area (Å²) in [6.45, 7) is 6.91. The molecule has 3 heteroatoms.